The number of halogens is 1. The van der Waals surface area contributed by atoms with Crippen LogP contribution in [0, 0.1) is 11.3 Å². The molecule has 2 aliphatic rings. The van der Waals surface area contributed by atoms with E-state index in [1.165, 1.54) is 11.3 Å². The highest BCUT2D eigenvalue weighted by atomic mass is 35.5. The Kier molecular flexibility index (Phi) is 7.01. The predicted octanol–water partition coefficient (Wildman–Crippen LogP) is 5.80. The summed E-state index contributed by atoms with van der Waals surface area (Å²) < 4.78 is 6.16. The first kappa shape index (κ1) is 24.4. The zero-order valence-corrected chi connectivity index (χ0v) is 21.8. The molecule has 182 valence electrons. The highest BCUT2D eigenvalue weighted by Crippen LogP contribution is 2.47. The Balaban J connectivity index is 1.52. The summed E-state index contributed by atoms with van der Waals surface area (Å²) in [5, 5.41) is 20.1. The monoisotopic (exact) mass is 535 g/mol. The fourth-order valence-electron chi connectivity index (χ4n) is 4.54. The third-order valence-corrected chi connectivity index (χ3v) is 8.57. The Hall–Kier alpha value is -3.32. The smallest absolute Gasteiger partial charge is 0.219 e. The molecule has 0 saturated heterocycles. The molecule has 0 amide bonds. The summed E-state index contributed by atoms with van der Waals surface area (Å²) >= 11 is 8.93. The summed E-state index contributed by atoms with van der Waals surface area (Å²) in [7, 11) is 1.59. The van der Waals surface area contributed by atoms with Crippen molar-refractivity contribution < 1.29 is 9.53 Å². The number of carbonyl (C=O) groups excluding carboxylic acids is 1. The zero-order chi connectivity index (χ0) is 25.2. The maximum absolute atomic E-state index is 13.3. The van der Waals surface area contributed by atoms with Crippen LogP contribution in [0.2, 0.25) is 5.02 Å². The Morgan fingerprint density at radius 2 is 2.06 bits per heavy atom. The Labute approximate surface area is 222 Å². The minimum atomic E-state index is -0.546. The van der Waals surface area contributed by atoms with E-state index >= 15 is 0 Å². The number of Topliss-reactive ketones (excluding diaryl/α,β-unsaturated/α-hetero) is 1. The Morgan fingerprint density at radius 1 is 1.25 bits per heavy atom. The van der Waals surface area contributed by atoms with E-state index in [1.54, 1.807) is 23.8 Å². The van der Waals surface area contributed by atoms with Gasteiger partial charge in [-0.05, 0) is 48.2 Å². The number of nitrogens with zero attached hydrogens (tertiary/aromatic N) is 4. The third kappa shape index (κ3) is 4.60. The number of hydrogen-bond acceptors (Lipinski definition) is 9. The molecule has 1 aliphatic heterocycles. The van der Waals surface area contributed by atoms with E-state index in [2.05, 4.69) is 16.3 Å². The lowest BCUT2D eigenvalue weighted by Crippen LogP contribution is -2.38. The lowest BCUT2D eigenvalue weighted by Gasteiger charge is -2.38. The number of nitrogens with two attached hydrogens (primary N) is 1. The average Bonchev–Trinajstić information content (AvgIpc) is 3.36. The van der Waals surface area contributed by atoms with E-state index in [9.17, 15) is 10.1 Å². The van der Waals surface area contributed by atoms with Crippen molar-refractivity contribution in [3.8, 4) is 11.8 Å². The second kappa shape index (κ2) is 10.3. The molecule has 2 aromatic carbocycles. The van der Waals surface area contributed by atoms with Crippen LogP contribution in [0.3, 0.4) is 0 Å². The normalized spacial score (nSPS) is 17.8. The predicted molar refractivity (Wildman–Crippen MR) is 142 cm³/mol. The molecule has 0 spiro atoms. The van der Waals surface area contributed by atoms with Gasteiger partial charge >= 0.3 is 0 Å². The van der Waals surface area contributed by atoms with Gasteiger partial charge in [0.05, 0.1) is 24.7 Å². The van der Waals surface area contributed by atoms with Crippen molar-refractivity contribution in [3.63, 3.8) is 0 Å². The van der Waals surface area contributed by atoms with Crippen LogP contribution < -0.4 is 15.4 Å². The van der Waals surface area contributed by atoms with Crippen LogP contribution >= 0.6 is 34.7 Å². The number of aromatic nitrogens is 2. The fraction of sp³-hybridized carbons (Fsp3) is 0.231. The van der Waals surface area contributed by atoms with Gasteiger partial charge in [-0.25, -0.2) is 0 Å². The molecule has 1 atom stereocenters. The first-order valence-corrected chi connectivity index (χ1v) is 13.5. The fourth-order valence-corrected chi connectivity index (χ4v) is 6.50. The first-order valence-electron chi connectivity index (χ1n) is 11.3. The van der Waals surface area contributed by atoms with Gasteiger partial charge in [-0.3, -0.25) is 9.69 Å². The molecule has 36 heavy (non-hydrogen) atoms. The van der Waals surface area contributed by atoms with E-state index < -0.39 is 5.92 Å². The molecular formula is C26H22ClN5O2S2. The zero-order valence-electron chi connectivity index (χ0n) is 19.4. The number of thioether (sulfide) groups is 1. The number of allylic oxidation sites excluding steroid dienone is 3. The highest BCUT2D eigenvalue weighted by Gasteiger charge is 2.41. The molecule has 1 aromatic heterocycles. The minimum absolute atomic E-state index is 0.0242. The van der Waals surface area contributed by atoms with Crippen LogP contribution in [0.25, 0.3) is 0 Å². The summed E-state index contributed by atoms with van der Waals surface area (Å²) in [6, 6.07) is 17.4. The number of rotatable bonds is 6. The third-order valence-electron chi connectivity index (χ3n) is 6.20. The molecule has 0 fully saturated rings. The molecule has 3 aromatic rings. The number of hydrogen-bond donors (Lipinski definition) is 1. The summed E-state index contributed by atoms with van der Waals surface area (Å²) in [5.41, 5.74) is 10.3. The summed E-state index contributed by atoms with van der Waals surface area (Å²) in [6.07, 6.45) is 1.81. The maximum Gasteiger partial charge on any atom is 0.219 e. The largest absolute Gasteiger partial charge is 0.497 e. The van der Waals surface area contributed by atoms with E-state index in [0.717, 1.165) is 21.2 Å². The van der Waals surface area contributed by atoms with Gasteiger partial charge in [-0.1, -0.05) is 59.0 Å². The van der Waals surface area contributed by atoms with Gasteiger partial charge in [0.25, 0.3) is 0 Å². The topological polar surface area (TPSA) is 105 Å². The van der Waals surface area contributed by atoms with Gasteiger partial charge in [0.15, 0.2) is 10.1 Å². The number of carbonyl (C=O) groups is 1. The Bertz CT molecular complexity index is 1420. The number of anilines is 1. The summed E-state index contributed by atoms with van der Waals surface area (Å²) in [6.45, 7) is 0. The van der Waals surface area contributed by atoms with Gasteiger partial charge in [0.1, 0.15) is 11.6 Å². The quantitative estimate of drug-likeness (QED) is 0.395. The first-order chi connectivity index (χ1) is 17.5. The number of nitriles is 1. The van der Waals surface area contributed by atoms with Crippen LogP contribution in [-0.2, 0) is 10.5 Å². The van der Waals surface area contributed by atoms with Gasteiger partial charge < -0.3 is 10.5 Å². The van der Waals surface area contributed by atoms with Crippen molar-refractivity contribution in [1.29, 1.82) is 5.26 Å². The lowest BCUT2D eigenvalue weighted by atomic mass is 9.76. The van der Waals surface area contributed by atoms with E-state index in [-0.39, 0.29) is 11.6 Å². The summed E-state index contributed by atoms with van der Waals surface area (Å²) in [4.78, 5) is 15.0. The maximum atomic E-state index is 13.3. The van der Waals surface area contributed by atoms with Crippen molar-refractivity contribution in [1.82, 2.24) is 10.2 Å². The second-order valence-corrected chi connectivity index (χ2v) is 11.0. The van der Waals surface area contributed by atoms with Crippen molar-refractivity contribution in [2.75, 3.05) is 12.0 Å². The van der Waals surface area contributed by atoms with Crippen LogP contribution in [-0.4, -0.2) is 23.1 Å². The minimum Gasteiger partial charge on any atom is -0.497 e. The molecule has 10 heteroatoms. The van der Waals surface area contributed by atoms with Crippen LogP contribution in [0.15, 0.2) is 75.5 Å². The standard InChI is InChI=1S/C26H22ClN5O2S2/c1-34-18-5-2-4-16(12-18)22-19(13-28)24(29)32(20-6-3-7-21(33)23(20)22)25-30-31-26(36-25)35-14-15-8-10-17(27)11-9-15/h2,4-5,8-12,22H,3,6-7,14,29H2,1H3. The van der Waals surface area contributed by atoms with Gasteiger partial charge in [0, 0.05) is 28.5 Å². The number of methoxy groups -OCH3 is 1. The highest BCUT2D eigenvalue weighted by molar-refractivity contribution is 8.00. The Morgan fingerprint density at radius 3 is 2.81 bits per heavy atom. The number of ketones is 1. The van der Waals surface area contributed by atoms with Crippen molar-refractivity contribution in [3.05, 3.63) is 87.3 Å². The van der Waals surface area contributed by atoms with Crippen LogP contribution in [0.1, 0.15) is 36.3 Å². The molecule has 1 aliphatic carbocycles. The molecule has 2 N–H and O–H groups in total. The SMILES string of the molecule is COc1cccc(C2C(C#N)=C(N)N(c3nnc(SCc4ccc(Cl)cc4)s3)C3=C2C(=O)CCC3)c1. The van der Waals surface area contributed by atoms with E-state index in [1.807, 2.05) is 48.5 Å². The van der Waals surface area contributed by atoms with E-state index in [4.69, 9.17) is 22.1 Å². The molecule has 7 nitrogen and oxygen atoms in total. The number of benzene rings is 2. The van der Waals surface area contributed by atoms with Crippen molar-refractivity contribution in [2.45, 2.75) is 35.3 Å². The lowest BCUT2D eigenvalue weighted by molar-refractivity contribution is -0.116. The average molecular weight is 536 g/mol. The molecule has 0 bridgehead atoms. The van der Waals surface area contributed by atoms with Crippen LogP contribution in [0.4, 0.5) is 5.13 Å². The molecular weight excluding hydrogens is 514 g/mol. The molecule has 0 radical (unpaired) electrons. The second-order valence-electron chi connectivity index (χ2n) is 8.36. The van der Waals surface area contributed by atoms with E-state index in [0.29, 0.717) is 52.1 Å². The summed E-state index contributed by atoms with van der Waals surface area (Å²) in [5.74, 6) is 1.13. The molecule has 2 heterocycles. The molecule has 5 rings (SSSR count). The van der Waals surface area contributed by atoms with Gasteiger partial charge in [-0.2, -0.15) is 5.26 Å². The van der Waals surface area contributed by atoms with Crippen molar-refractivity contribution in [2.24, 2.45) is 5.73 Å². The number of ether oxygens (including phenoxy) is 1. The van der Waals surface area contributed by atoms with Gasteiger partial charge in [-0.15, -0.1) is 10.2 Å². The molecule has 1 unspecified atom stereocenters. The van der Waals surface area contributed by atoms with Gasteiger partial charge in [0.2, 0.25) is 5.13 Å². The molecule has 0 saturated carbocycles. The van der Waals surface area contributed by atoms with Crippen LogP contribution in [0.5, 0.6) is 5.75 Å². The van der Waals surface area contributed by atoms with Crippen molar-refractivity contribution >= 4 is 45.6 Å².